The quantitative estimate of drug-likeness (QED) is 0.380. The van der Waals surface area contributed by atoms with Gasteiger partial charge in [0.25, 0.3) is 0 Å². The Labute approximate surface area is 141 Å². The zero-order valence-electron chi connectivity index (χ0n) is 13.5. The Morgan fingerprint density at radius 1 is 0.720 bits per heavy atom. The Kier molecular flexibility index (Phi) is 5.26. The number of cyclic esters (lactones) is 4. The molecule has 0 radical (unpaired) electrons. The van der Waals surface area contributed by atoms with Crippen molar-refractivity contribution >= 4 is 35.8 Å². The highest BCUT2D eigenvalue weighted by Crippen LogP contribution is 2.23. The van der Waals surface area contributed by atoms with Crippen LogP contribution in [0.15, 0.2) is 22.3 Å². The molecule has 0 unspecified atom stereocenters. The molecule has 25 heavy (non-hydrogen) atoms. The number of esters is 6. The number of hydrogen-bond donors (Lipinski definition) is 0. The van der Waals surface area contributed by atoms with Crippen molar-refractivity contribution < 1.29 is 43.0 Å². The molecule has 9 heteroatoms. The normalized spacial score (nSPS) is 17.2. The molecule has 0 aromatic rings. The first-order chi connectivity index (χ1) is 11.7. The summed E-state index contributed by atoms with van der Waals surface area (Å²) in [4.78, 5) is 68.3. The van der Waals surface area contributed by atoms with Crippen molar-refractivity contribution in [2.24, 2.45) is 0 Å². The van der Waals surface area contributed by atoms with E-state index in [-0.39, 0.29) is 48.0 Å². The number of hydrogen-bond acceptors (Lipinski definition) is 9. The molecule has 2 heterocycles. The minimum absolute atomic E-state index is 0.0717. The second-order valence-corrected chi connectivity index (χ2v) is 5.41. The van der Waals surface area contributed by atoms with E-state index in [9.17, 15) is 28.8 Å². The molecule has 2 aliphatic rings. The predicted molar refractivity (Wildman–Crippen MR) is 77.2 cm³/mol. The fraction of sp³-hybridized carbons (Fsp3) is 0.375. The summed E-state index contributed by atoms with van der Waals surface area (Å²) in [7, 11) is 0. The Morgan fingerprint density at radius 3 is 1.36 bits per heavy atom. The average Bonchev–Trinajstić information content (AvgIpc) is 2.91. The molecule has 0 saturated carbocycles. The van der Waals surface area contributed by atoms with Crippen LogP contribution >= 0.6 is 0 Å². The van der Waals surface area contributed by atoms with Gasteiger partial charge in [-0.05, 0) is 26.7 Å². The van der Waals surface area contributed by atoms with Gasteiger partial charge in [0.1, 0.15) is 0 Å². The van der Waals surface area contributed by atoms with Crippen molar-refractivity contribution in [1.29, 1.82) is 0 Å². The molecule has 0 aromatic carbocycles. The van der Waals surface area contributed by atoms with Gasteiger partial charge in [0.15, 0.2) is 0 Å². The van der Waals surface area contributed by atoms with Gasteiger partial charge >= 0.3 is 35.8 Å². The highest BCUT2D eigenvalue weighted by molar-refractivity contribution is 6.12. The van der Waals surface area contributed by atoms with Gasteiger partial charge in [-0.2, -0.15) is 0 Å². The van der Waals surface area contributed by atoms with Gasteiger partial charge in [0.2, 0.25) is 0 Å². The summed E-state index contributed by atoms with van der Waals surface area (Å²) in [5.41, 5.74) is 0.386. The summed E-state index contributed by atoms with van der Waals surface area (Å²) in [6.07, 6.45) is -0.757. The smallest absolute Gasteiger partial charge is 0.342 e. The van der Waals surface area contributed by atoms with Crippen LogP contribution in [-0.2, 0) is 43.0 Å². The standard InChI is InChI=1S/C16H14O9/c1-7-9(15(21)24-13(7)19)3-5-11(17)23-12(18)6-4-10-8(2)14(20)25-16(10)22/h3-6H2,1-2H3. The monoisotopic (exact) mass is 350 g/mol. The predicted octanol–water partition coefficient (Wildman–Crippen LogP) is 0.416. The van der Waals surface area contributed by atoms with E-state index in [1.807, 2.05) is 0 Å². The maximum absolute atomic E-state index is 11.6. The summed E-state index contributed by atoms with van der Waals surface area (Å²) >= 11 is 0. The van der Waals surface area contributed by atoms with Gasteiger partial charge in [0.05, 0.1) is 12.8 Å². The molecule has 0 saturated heterocycles. The van der Waals surface area contributed by atoms with Crippen LogP contribution < -0.4 is 0 Å². The average molecular weight is 350 g/mol. The van der Waals surface area contributed by atoms with Crippen LogP contribution in [0.2, 0.25) is 0 Å². The second kappa shape index (κ2) is 7.20. The van der Waals surface area contributed by atoms with Crippen molar-refractivity contribution in [1.82, 2.24) is 0 Å². The molecular weight excluding hydrogens is 336 g/mol. The zero-order valence-corrected chi connectivity index (χ0v) is 13.5. The molecule has 0 atom stereocenters. The molecule has 0 bridgehead atoms. The SMILES string of the molecule is CC1=C(CCC(=O)OC(=O)CCC2=C(C)C(=O)OC2=O)C(=O)OC1=O. The molecule has 0 aromatic heterocycles. The molecule has 0 amide bonds. The highest BCUT2D eigenvalue weighted by Gasteiger charge is 2.31. The second-order valence-electron chi connectivity index (χ2n) is 5.41. The van der Waals surface area contributed by atoms with E-state index < -0.39 is 35.8 Å². The molecular formula is C16H14O9. The summed E-state index contributed by atoms with van der Waals surface area (Å²) in [5.74, 6) is -4.90. The lowest BCUT2D eigenvalue weighted by Gasteiger charge is -2.03. The highest BCUT2D eigenvalue weighted by atomic mass is 16.6. The van der Waals surface area contributed by atoms with Crippen molar-refractivity contribution in [2.45, 2.75) is 39.5 Å². The lowest BCUT2D eigenvalue weighted by Crippen LogP contribution is -2.14. The lowest BCUT2D eigenvalue weighted by atomic mass is 10.1. The van der Waals surface area contributed by atoms with Gasteiger partial charge in [-0.15, -0.1) is 0 Å². The Balaban J connectivity index is 1.80. The number of carbonyl (C=O) groups is 6. The fourth-order valence-corrected chi connectivity index (χ4v) is 2.26. The first-order valence-corrected chi connectivity index (χ1v) is 7.36. The molecule has 132 valence electrons. The summed E-state index contributed by atoms with van der Waals surface area (Å²) in [6, 6.07) is 0. The maximum Gasteiger partial charge on any atom is 0.342 e. The fourth-order valence-electron chi connectivity index (χ4n) is 2.26. The van der Waals surface area contributed by atoms with E-state index >= 15 is 0 Å². The van der Waals surface area contributed by atoms with Crippen LogP contribution in [0.4, 0.5) is 0 Å². The lowest BCUT2D eigenvalue weighted by molar-refractivity contribution is -0.159. The van der Waals surface area contributed by atoms with Crippen LogP contribution in [0.3, 0.4) is 0 Å². The van der Waals surface area contributed by atoms with Crippen LogP contribution in [0.1, 0.15) is 39.5 Å². The van der Waals surface area contributed by atoms with Gasteiger partial charge in [-0.25, -0.2) is 19.2 Å². The van der Waals surface area contributed by atoms with Gasteiger partial charge < -0.3 is 14.2 Å². The maximum atomic E-state index is 11.6. The van der Waals surface area contributed by atoms with Crippen molar-refractivity contribution in [2.75, 3.05) is 0 Å². The van der Waals surface area contributed by atoms with Gasteiger partial charge in [0, 0.05) is 22.3 Å². The van der Waals surface area contributed by atoms with Gasteiger partial charge in [-0.3, -0.25) is 9.59 Å². The topological polar surface area (TPSA) is 130 Å². The van der Waals surface area contributed by atoms with Crippen LogP contribution in [0.25, 0.3) is 0 Å². The third-order valence-corrected chi connectivity index (χ3v) is 3.77. The third-order valence-electron chi connectivity index (χ3n) is 3.77. The van der Waals surface area contributed by atoms with Crippen molar-refractivity contribution in [3.63, 3.8) is 0 Å². The minimum Gasteiger partial charge on any atom is -0.393 e. The number of rotatable bonds is 6. The molecule has 0 spiro atoms. The van der Waals surface area contributed by atoms with Crippen molar-refractivity contribution in [3.8, 4) is 0 Å². The molecule has 9 nitrogen and oxygen atoms in total. The van der Waals surface area contributed by atoms with E-state index in [1.165, 1.54) is 13.8 Å². The molecule has 2 aliphatic heterocycles. The Morgan fingerprint density at radius 2 is 1.08 bits per heavy atom. The molecule has 0 fully saturated rings. The largest absolute Gasteiger partial charge is 0.393 e. The minimum atomic E-state index is -0.881. The summed E-state index contributed by atoms with van der Waals surface area (Å²) in [6.45, 7) is 2.80. The van der Waals surface area contributed by atoms with Crippen molar-refractivity contribution in [3.05, 3.63) is 22.3 Å². The first-order valence-electron chi connectivity index (χ1n) is 7.36. The zero-order chi connectivity index (χ0) is 18.7. The van der Waals surface area contributed by atoms with E-state index in [0.717, 1.165) is 0 Å². The van der Waals surface area contributed by atoms with Crippen LogP contribution in [-0.4, -0.2) is 35.8 Å². The van der Waals surface area contributed by atoms with E-state index in [4.69, 9.17) is 0 Å². The number of carbonyl (C=O) groups excluding carboxylic acids is 6. The van der Waals surface area contributed by atoms with E-state index in [1.54, 1.807) is 0 Å². The summed E-state index contributed by atoms with van der Waals surface area (Å²) in [5, 5.41) is 0. The van der Waals surface area contributed by atoms with E-state index in [2.05, 4.69) is 14.2 Å². The molecule has 2 rings (SSSR count). The molecule has 0 N–H and O–H groups in total. The molecule has 0 aliphatic carbocycles. The third kappa shape index (κ3) is 4.06. The Bertz CT molecular complexity index is 702. The Hall–Kier alpha value is -3.10. The first kappa shape index (κ1) is 18.2. The van der Waals surface area contributed by atoms with Crippen LogP contribution in [0.5, 0.6) is 0 Å². The van der Waals surface area contributed by atoms with E-state index in [0.29, 0.717) is 0 Å². The summed E-state index contributed by atoms with van der Waals surface area (Å²) < 4.78 is 13.3. The number of ether oxygens (including phenoxy) is 3. The van der Waals surface area contributed by atoms with Gasteiger partial charge in [-0.1, -0.05) is 0 Å². The van der Waals surface area contributed by atoms with Crippen LogP contribution in [0, 0.1) is 0 Å².